The van der Waals surface area contributed by atoms with Crippen molar-refractivity contribution in [3.05, 3.63) is 86.9 Å². The predicted molar refractivity (Wildman–Crippen MR) is 151 cm³/mol. The van der Waals surface area contributed by atoms with Crippen LogP contribution in [0.2, 0.25) is 5.02 Å². The van der Waals surface area contributed by atoms with Crippen LogP contribution in [0.25, 0.3) is 0 Å². The first-order chi connectivity index (χ1) is 19.7. The van der Waals surface area contributed by atoms with Crippen molar-refractivity contribution in [2.45, 2.75) is 76.5 Å². The van der Waals surface area contributed by atoms with Gasteiger partial charge >= 0.3 is 5.97 Å². The van der Waals surface area contributed by atoms with Crippen molar-refractivity contribution in [2.24, 2.45) is 11.8 Å². The molecule has 0 unspecified atom stereocenters. The Morgan fingerprint density at radius 2 is 1.80 bits per heavy atom. The molecule has 0 heterocycles. The van der Waals surface area contributed by atoms with E-state index in [1.807, 2.05) is 12.2 Å². The number of unbranched alkanes of at least 4 members (excludes halogenated alkanes) is 1. The number of hydrogen-bond donors (Lipinski definition) is 3. The van der Waals surface area contributed by atoms with Gasteiger partial charge in [-0.3, -0.25) is 4.79 Å². The lowest BCUT2D eigenvalue weighted by atomic mass is 9.86. The third kappa shape index (κ3) is 11.7. The number of rotatable bonds is 17. The van der Waals surface area contributed by atoms with E-state index in [0.29, 0.717) is 54.9 Å². The maximum absolute atomic E-state index is 12.1. The average Bonchev–Trinajstić information content (AvgIpc) is 3.21. The Morgan fingerprint density at radius 1 is 1.07 bits per heavy atom. The molecule has 2 aromatic carbocycles. The summed E-state index contributed by atoms with van der Waals surface area (Å²) >= 11 is 5.95. The summed E-state index contributed by atoms with van der Waals surface area (Å²) in [6.07, 6.45) is 5.42. The zero-order valence-corrected chi connectivity index (χ0v) is 23.6. The number of carbonyl (C=O) groups is 1. The third-order valence-electron chi connectivity index (χ3n) is 7.15. The summed E-state index contributed by atoms with van der Waals surface area (Å²) < 4.78 is 10.9. The summed E-state index contributed by atoms with van der Waals surface area (Å²) in [6, 6.07) is 13.8. The molecule has 1 saturated carbocycles. The molecule has 0 aromatic heterocycles. The largest absolute Gasteiger partial charge is 0.491 e. The summed E-state index contributed by atoms with van der Waals surface area (Å²) in [5.74, 6) is 0.00312. The number of hydrogen-bond acceptors (Lipinski definition) is 9. The molecule has 0 radical (unpaired) electrons. The lowest BCUT2D eigenvalue weighted by Crippen LogP contribution is -2.25. The van der Waals surface area contributed by atoms with Crippen molar-refractivity contribution in [3.63, 3.8) is 0 Å². The average molecular weight is 592 g/mol. The third-order valence-corrected chi connectivity index (χ3v) is 7.38. The first-order valence-electron chi connectivity index (χ1n) is 13.8. The van der Waals surface area contributed by atoms with E-state index in [0.717, 1.165) is 5.56 Å². The smallest absolute Gasteiger partial charge is 0.306 e. The molecule has 3 rings (SSSR count). The number of benzene rings is 2. The zero-order valence-electron chi connectivity index (χ0n) is 22.8. The summed E-state index contributed by atoms with van der Waals surface area (Å²) in [5.41, 5.74) is 1.33. The van der Waals surface area contributed by atoms with Gasteiger partial charge in [0.15, 0.2) is 0 Å². The van der Waals surface area contributed by atoms with Gasteiger partial charge in [0, 0.05) is 11.4 Å². The number of nitrogens with zero attached hydrogens (tertiary/aromatic N) is 1. The first-order valence-corrected chi connectivity index (χ1v) is 14.2. The Labute approximate surface area is 244 Å². The molecular weight excluding hydrogens is 554 g/mol. The molecule has 0 bridgehead atoms. The molecule has 11 heteroatoms. The lowest BCUT2D eigenvalue weighted by molar-refractivity contribution is -0.763. The van der Waals surface area contributed by atoms with Crippen molar-refractivity contribution in [1.29, 1.82) is 0 Å². The van der Waals surface area contributed by atoms with E-state index in [1.165, 1.54) is 0 Å². The molecule has 0 amide bonds. The molecule has 41 heavy (non-hydrogen) atoms. The van der Waals surface area contributed by atoms with E-state index in [2.05, 4.69) is 4.84 Å². The molecule has 0 saturated heterocycles. The van der Waals surface area contributed by atoms with Gasteiger partial charge in [0.2, 0.25) is 0 Å². The number of carbonyl (C=O) groups excluding carboxylic acids is 1. The molecule has 0 aliphatic heterocycles. The van der Waals surface area contributed by atoms with Crippen molar-refractivity contribution in [2.75, 3.05) is 6.61 Å². The van der Waals surface area contributed by atoms with Gasteiger partial charge in [0.25, 0.3) is 5.09 Å². The fourth-order valence-electron chi connectivity index (χ4n) is 5.03. The predicted octanol–water partition coefficient (Wildman–Crippen LogP) is 4.79. The van der Waals surface area contributed by atoms with Gasteiger partial charge < -0.3 is 29.6 Å². The van der Waals surface area contributed by atoms with Gasteiger partial charge in [0.1, 0.15) is 25.6 Å². The fourth-order valence-corrected chi connectivity index (χ4v) is 5.21. The fraction of sp³-hybridized carbons (Fsp3) is 0.500. The van der Waals surface area contributed by atoms with Crippen LogP contribution in [0.15, 0.2) is 60.7 Å². The molecule has 2 aromatic rings. The Bertz CT molecular complexity index is 1140. The summed E-state index contributed by atoms with van der Waals surface area (Å²) in [6.45, 7) is 0.0240. The maximum atomic E-state index is 12.1. The molecule has 0 spiro atoms. The zero-order chi connectivity index (χ0) is 29.6. The van der Waals surface area contributed by atoms with Gasteiger partial charge in [-0.25, -0.2) is 0 Å². The summed E-state index contributed by atoms with van der Waals surface area (Å²) in [5, 5.41) is 41.4. The van der Waals surface area contributed by atoms with E-state index in [-0.39, 0.29) is 44.0 Å². The molecule has 224 valence electrons. The van der Waals surface area contributed by atoms with Gasteiger partial charge in [-0.2, -0.15) is 0 Å². The van der Waals surface area contributed by atoms with Crippen LogP contribution in [0, 0.1) is 22.0 Å². The first kappa shape index (κ1) is 32.3. The monoisotopic (exact) mass is 591 g/mol. The topological polar surface area (TPSA) is 149 Å². The van der Waals surface area contributed by atoms with Gasteiger partial charge in [-0.15, -0.1) is 10.1 Å². The summed E-state index contributed by atoms with van der Waals surface area (Å²) in [4.78, 5) is 26.8. The van der Waals surface area contributed by atoms with Crippen LogP contribution < -0.4 is 4.74 Å². The van der Waals surface area contributed by atoms with Gasteiger partial charge in [0.05, 0.1) is 18.3 Å². The minimum Gasteiger partial charge on any atom is -0.491 e. The van der Waals surface area contributed by atoms with E-state index >= 15 is 0 Å². The Hall–Kier alpha value is -3.18. The van der Waals surface area contributed by atoms with Crippen LogP contribution in [-0.2, 0) is 27.6 Å². The number of ether oxygens (including phenoxy) is 2. The van der Waals surface area contributed by atoms with E-state index in [4.69, 9.17) is 21.1 Å². The second-order valence-corrected chi connectivity index (χ2v) is 10.7. The molecule has 5 atom stereocenters. The van der Waals surface area contributed by atoms with Crippen molar-refractivity contribution in [1.82, 2.24) is 0 Å². The highest BCUT2D eigenvalue weighted by Gasteiger charge is 2.40. The van der Waals surface area contributed by atoms with Crippen LogP contribution in [0.3, 0.4) is 0 Å². The number of aliphatic hydroxyl groups excluding tert-OH is 3. The number of aliphatic hydroxyl groups is 3. The number of allylic oxidation sites excluding steroid dienone is 2. The minimum absolute atomic E-state index is 0.0751. The number of halogens is 1. The molecule has 1 aliphatic carbocycles. The Balaban J connectivity index is 1.32. The second kappa shape index (κ2) is 16.9. The molecular formula is C30H38ClNO9. The second-order valence-electron chi connectivity index (χ2n) is 10.3. The van der Waals surface area contributed by atoms with E-state index in [9.17, 15) is 30.2 Å². The molecule has 1 fully saturated rings. The quantitative estimate of drug-likeness (QED) is 0.0776. The number of esters is 1. The van der Waals surface area contributed by atoms with E-state index < -0.39 is 23.4 Å². The van der Waals surface area contributed by atoms with Crippen molar-refractivity contribution >= 4 is 17.6 Å². The normalized spacial score (nSPS) is 21.1. The van der Waals surface area contributed by atoms with Crippen LogP contribution in [0.1, 0.15) is 56.1 Å². The van der Waals surface area contributed by atoms with Crippen molar-refractivity contribution < 1.29 is 39.5 Å². The molecule has 1 aliphatic rings. The van der Waals surface area contributed by atoms with E-state index in [1.54, 1.807) is 48.5 Å². The maximum Gasteiger partial charge on any atom is 0.306 e. The molecule has 10 nitrogen and oxygen atoms in total. The Morgan fingerprint density at radius 3 is 2.56 bits per heavy atom. The van der Waals surface area contributed by atoms with Gasteiger partial charge in [-0.05, 0) is 79.7 Å². The highest BCUT2D eigenvalue weighted by atomic mass is 35.5. The minimum atomic E-state index is -0.855. The van der Waals surface area contributed by atoms with Crippen LogP contribution in [0.5, 0.6) is 5.75 Å². The van der Waals surface area contributed by atoms with Crippen LogP contribution in [-0.4, -0.2) is 51.3 Å². The van der Waals surface area contributed by atoms with Crippen LogP contribution in [0.4, 0.5) is 0 Å². The highest BCUT2D eigenvalue weighted by molar-refractivity contribution is 6.30. The van der Waals surface area contributed by atoms with Crippen molar-refractivity contribution in [3.8, 4) is 5.75 Å². The summed E-state index contributed by atoms with van der Waals surface area (Å²) in [7, 11) is 0. The standard InChI is InChI=1S/C30H38ClNO9/c31-23-9-6-10-25(16-23)39-20-24(33)13-14-27-26(28(34)17-29(27)35)11-3-1-2-4-12-30(36)40-18-21-7-5-8-22(15-21)19-41-32(37)38/h1,3,5-10,15-16,24,26-29,33-35H,2,4,11-14,17-20H2/b3-1-/t24-,26-,27-,28+,29-/m1/s1. The Kier molecular flexibility index (Phi) is 13.4. The highest BCUT2D eigenvalue weighted by Crippen LogP contribution is 2.38. The lowest BCUT2D eigenvalue weighted by Gasteiger charge is -2.23. The SMILES string of the molecule is O=C(CCC/C=C\C[C@@H]1[C@@H](CC[C@@H](O)COc2cccc(Cl)c2)[C@H](O)C[C@@H]1O)OCc1cccc(CO[N+](=O)[O-])c1. The molecule has 3 N–H and O–H groups in total. The van der Waals surface area contributed by atoms with Gasteiger partial charge in [-0.1, -0.05) is 54.1 Å². The van der Waals surface area contributed by atoms with Crippen LogP contribution >= 0.6 is 11.6 Å².